The SMILES string of the molecule is CN=C(NCCc1csc(C(C)C)n1)NCc1cccc(F)c1.I. The van der Waals surface area contributed by atoms with Crippen molar-refractivity contribution in [3.63, 3.8) is 0 Å². The number of guanidine groups is 1. The van der Waals surface area contributed by atoms with Gasteiger partial charge in [-0.15, -0.1) is 35.3 Å². The molecule has 4 nitrogen and oxygen atoms in total. The Bertz CT molecular complexity index is 658. The maximum atomic E-state index is 13.1. The highest BCUT2D eigenvalue weighted by Gasteiger charge is 2.06. The number of benzene rings is 1. The molecule has 0 saturated carbocycles. The predicted molar refractivity (Wildman–Crippen MR) is 110 cm³/mol. The first-order chi connectivity index (χ1) is 11.1. The summed E-state index contributed by atoms with van der Waals surface area (Å²) in [4.78, 5) is 8.79. The highest BCUT2D eigenvalue weighted by molar-refractivity contribution is 14.0. The van der Waals surface area contributed by atoms with Crippen molar-refractivity contribution < 1.29 is 4.39 Å². The van der Waals surface area contributed by atoms with Gasteiger partial charge in [-0.1, -0.05) is 26.0 Å². The fourth-order valence-corrected chi connectivity index (χ4v) is 2.93. The molecule has 0 fully saturated rings. The van der Waals surface area contributed by atoms with Gasteiger partial charge in [0.05, 0.1) is 10.7 Å². The topological polar surface area (TPSA) is 49.3 Å². The third-order valence-electron chi connectivity index (χ3n) is 3.31. The Morgan fingerprint density at radius 3 is 2.75 bits per heavy atom. The summed E-state index contributed by atoms with van der Waals surface area (Å²) in [6, 6.07) is 6.54. The lowest BCUT2D eigenvalue weighted by molar-refractivity contribution is 0.624. The molecule has 0 aliphatic carbocycles. The van der Waals surface area contributed by atoms with Gasteiger partial charge in [-0.3, -0.25) is 4.99 Å². The summed E-state index contributed by atoms with van der Waals surface area (Å²) >= 11 is 1.71. The minimum absolute atomic E-state index is 0. The van der Waals surface area contributed by atoms with E-state index in [2.05, 4.69) is 39.8 Å². The monoisotopic (exact) mass is 462 g/mol. The molecule has 0 radical (unpaired) electrons. The third kappa shape index (κ3) is 6.72. The first-order valence-corrected chi connectivity index (χ1v) is 8.59. The zero-order valence-corrected chi connectivity index (χ0v) is 17.3. The van der Waals surface area contributed by atoms with E-state index in [0.717, 1.165) is 24.2 Å². The van der Waals surface area contributed by atoms with E-state index >= 15 is 0 Å². The second-order valence-corrected chi connectivity index (χ2v) is 6.45. The molecule has 1 aromatic heterocycles. The Morgan fingerprint density at radius 2 is 2.12 bits per heavy atom. The van der Waals surface area contributed by atoms with E-state index in [1.54, 1.807) is 24.5 Å². The van der Waals surface area contributed by atoms with Gasteiger partial charge in [0.15, 0.2) is 5.96 Å². The zero-order chi connectivity index (χ0) is 16.7. The van der Waals surface area contributed by atoms with Crippen LogP contribution in [0.15, 0.2) is 34.6 Å². The van der Waals surface area contributed by atoms with E-state index in [9.17, 15) is 4.39 Å². The average Bonchev–Trinajstić information content (AvgIpc) is 3.00. The molecule has 0 amide bonds. The van der Waals surface area contributed by atoms with Gasteiger partial charge in [0.2, 0.25) is 0 Å². The van der Waals surface area contributed by atoms with Crippen LogP contribution >= 0.6 is 35.3 Å². The Balaban J connectivity index is 0.00000288. The Morgan fingerprint density at radius 1 is 1.33 bits per heavy atom. The molecule has 1 aromatic carbocycles. The highest BCUT2D eigenvalue weighted by atomic mass is 127. The van der Waals surface area contributed by atoms with Crippen LogP contribution in [0, 0.1) is 5.82 Å². The molecule has 2 aromatic rings. The van der Waals surface area contributed by atoms with E-state index in [1.807, 2.05) is 6.07 Å². The summed E-state index contributed by atoms with van der Waals surface area (Å²) in [5, 5.41) is 9.71. The van der Waals surface area contributed by atoms with Gasteiger partial charge < -0.3 is 10.6 Å². The lowest BCUT2D eigenvalue weighted by Crippen LogP contribution is -2.37. The summed E-state index contributed by atoms with van der Waals surface area (Å²) < 4.78 is 13.1. The number of halogens is 2. The van der Waals surface area contributed by atoms with E-state index in [-0.39, 0.29) is 29.8 Å². The number of aliphatic imine (C=N–C) groups is 1. The molecule has 0 unspecified atom stereocenters. The molecular weight excluding hydrogens is 438 g/mol. The van der Waals surface area contributed by atoms with Crippen molar-refractivity contribution in [3.05, 3.63) is 51.7 Å². The molecule has 1 heterocycles. The smallest absolute Gasteiger partial charge is 0.191 e. The molecule has 24 heavy (non-hydrogen) atoms. The number of thiazole rings is 1. The Kier molecular flexibility index (Phi) is 9.20. The first kappa shape index (κ1) is 20.8. The molecule has 0 aliphatic rings. The Labute approximate surface area is 164 Å². The van der Waals surface area contributed by atoms with Crippen LogP contribution in [0.2, 0.25) is 0 Å². The molecule has 0 spiro atoms. The molecular formula is C17H24FIN4S. The molecule has 7 heteroatoms. The molecule has 0 aliphatic heterocycles. The van der Waals surface area contributed by atoms with E-state index in [1.165, 1.54) is 17.1 Å². The maximum Gasteiger partial charge on any atom is 0.191 e. The largest absolute Gasteiger partial charge is 0.356 e. The molecule has 0 atom stereocenters. The fourth-order valence-electron chi connectivity index (χ4n) is 2.06. The van der Waals surface area contributed by atoms with Crippen molar-refractivity contribution in [3.8, 4) is 0 Å². The maximum absolute atomic E-state index is 13.1. The summed E-state index contributed by atoms with van der Waals surface area (Å²) in [7, 11) is 1.72. The van der Waals surface area contributed by atoms with Gasteiger partial charge in [0.25, 0.3) is 0 Å². The van der Waals surface area contributed by atoms with Crippen LogP contribution in [-0.4, -0.2) is 24.5 Å². The fraction of sp³-hybridized carbons (Fsp3) is 0.412. The molecule has 0 bridgehead atoms. The lowest BCUT2D eigenvalue weighted by Gasteiger charge is -2.11. The number of nitrogens with one attached hydrogen (secondary N) is 2. The van der Waals surface area contributed by atoms with Crippen LogP contribution in [0.25, 0.3) is 0 Å². The summed E-state index contributed by atoms with van der Waals surface area (Å²) in [5.74, 6) is 0.952. The number of rotatable bonds is 6. The minimum atomic E-state index is -0.225. The van der Waals surface area contributed by atoms with Crippen molar-refractivity contribution in [2.24, 2.45) is 4.99 Å². The van der Waals surface area contributed by atoms with E-state index in [0.29, 0.717) is 18.4 Å². The first-order valence-electron chi connectivity index (χ1n) is 7.71. The lowest BCUT2D eigenvalue weighted by atomic mass is 10.2. The van der Waals surface area contributed by atoms with Gasteiger partial charge in [-0.25, -0.2) is 9.37 Å². The van der Waals surface area contributed by atoms with Crippen molar-refractivity contribution in [1.82, 2.24) is 15.6 Å². The van der Waals surface area contributed by atoms with E-state index in [4.69, 9.17) is 0 Å². The molecule has 132 valence electrons. The predicted octanol–water partition coefficient (Wildman–Crippen LogP) is 3.93. The number of hydrogen-bond acceptors (Lipinski definition) is 3. The van der Waals surface area contributed by atoms with Crippen molar-refractivity contribution in [2.45, 2.75) is 32.7 Å². The molecule has 2 N–H and O–H groups in total. The van der Waals surface area contributed by atoms with Gasteiger partial charge in [-0.05, 0) is 17.7 Å². The quantitative estimate of drug-likeness (QED) is 0.389. The summed E-state index contributed by atoms with van der Waals surface area (Å²) in [5.41, 5.74) is 1.99. The molecule has 2 rings (SSSR count). The van der Waals surface area contributed by atoms with Gasteiger partial charge >= 0.3 is 0 Å². The average molecular weight is 462 g/mol. The standard InChI is InChI=1S/C17H23FN4S.HI/c1-12(2)16-22-15(11-23-16)7-8-20-17(19-3)21-10-13-5-4-6-14(18)9-13;/h4-6,9,11-12H,7-8,10H2,1-3H3,(H2,19,20,21);1H. The van der Waals surface area contributed by atoms with Crippen LogP contribution in [0.4, 0.5) is 4.39 Å². The summed E-state index contributed by atoms with van der Waals surface area (Å²) in [6.45, 7) is 5.59. The van der Waals surface area contributed by atoms with Crippen LogP contribution in [0.1, 0.15) is 36.0 Å². The number of hydrogen-bond donors (Lipinski definition) is 2. The van der Waals surface area contributed by atoms with E-state index < -0.39 is 0 Å². The third-order valence-corrected chi connectivity index (χ3v) is 4.50. The van der Waals surface area contributed by atoms with Crippen molar-refractivity contribution in [1.29, 1.82) is 0 Å². The van der Waals surface area contributed by atoms with Crippen molar-refractivity contribution in [2.75, 3.05) is 13.6 Å². The normalized spacial score (nSPS) is 11.3. The highest BCUT2D eigenvalue weighted by Crippen LogP contribution is 2.19. The second-order valence-electron chi connectivity index (χ2n) is 5.56. The molecule has 0 saturated heterocycles. The number of aromatic nitrogens is 1. The van der Waals surface area contributed by atoms with Gasteiger partial charge in [-0.2, -0.15) is 0 Å². The van der Waals surface area contributed by atoms with Crippen LogP contribution in [0.3, 0.4) is 0 Å². The van der Waals surface area contributed by atoms with Crippen LogP contribution < -0.4 is 10.6 Å². The number of nitrogens with zero attached hydrogens (tertiary/aromatic N) is 2. The zero-order valence-electron chi connectivity index (χ0n) is 14.2. The van der Waals surface area contributed by atoms with Crippen LogP contribution in [0.5, 0.6) is 0 Å². The van der Waals surface area contributed by atoms with Crippen LogP contribution in [-0.2, 0) is 13.0 Å². The Hall–Kier alpha value is -1.22. The van der Waals surface area contributed by atoms with Gasteiger partial charge in [0, 0.05) is 37.9 Å². The second kappa shape index (κ2) is 10.6. The minimum Gasteiger partial charge on any atom is -0.356 e. The summed E-state index contributed by atoms with van der Waals surface area (Å²) in [6.07, 6.45) is 0.851. The van der Waals surface area contributed by atoms with Gasteiger partial charge in [0.1, 0.15) is 5.82 Å². The van der Waals surface area contributed by atoms with Crippen molar-refractivity contribution >= 4 is 41.3 Å².